The Balaban J connectivity index is 0.00000243. The van der Waals surface area contributed by atoms with Gasteiger partial charge in [-0.25, -0.2) is 13.4 Å². The summed E-state index contributed by atoms with van der Waals surface area (Å²) in [6.45, 7) is 1.70. The van der Waals surface area contributed by atoms with Crippen LogP contribution in [-0.4, -0.2) is 37.8 Å². The number of aliphatic imine (C=N–C) groups is 1. The van der Waals surface area contributed by atoms with Gasteiger partial charge in [0.25, 0.3) is 0 Å². The minimum Gasteiger partial charge on any atom is -0.370 e. The van der Waals surface area contributed by atoms with Crippen molar-refractivity contribution in [2.45, 2.75) is 62.4 Å². The summed E-state index contributed by atoms with van der Waals surface area (Å²) >= 11 is 0. The Morgan fingerprint density at radius 3 is 2.31 bits per heavy atom. The molecule has 0 atom stereocenters. The summed E-state index contributed by atoms with van der Waals surface area (Å²) < 4.78 is 26.8. The maximum absolute atomic E-state index is 12.6. The number of benzene rings is 1. The molecule has 1 aromatic carbocycles. The zero-order valence-electron chi connectivity index (χ0n) is 15.1. The molecule has 0 amide bonds. The number of halogens is 1. The normalized spacial score (nSPS) is 19.9. The van der Waals surface area contributed by atoms with E-state index in [1.807, 2.05) is 12.1 Å². The van der Waals surface area contributed by atoms with Crippen LogP contribution >= 0.6 is 24.0 Å². The second-order valence-electron chi connectivity index (χ2n) is 6.94. The number of rotatable bonds is 5. The number of hydrogen-bond donors (Lipinski definition) is 2. The van der Waals surface area contributed by atoms with Gasteiger partial charge in [-0.15, -0.1) is 24.0 Å². The van der Waals surface area contributed by atoms with Gasteiger partial charge in [-0.1, -0.05) is 31.4 Å². The van der Waals surface area contributed by atoms with Crippen molar-refractivity contribution in [3.8, 4) is 0 Å². The molecule has 1 saturated heterocycles. The van der Waals surface area contributed by atoms with Crippen molar-refractivity contribution < 1.29 is 8.42 Å². The predicted molar refractivity (Wildman–Crippen MR) is 115 cm³/mol. The largest absolute Gasteiger partial charge is 0.370 e. The second-order valence-corrected chi connectivity index (χ2v) is 8.87. The first kappa shape index (κ1) is 21.4. The maximum atomic E-state index is 12.6. The minimum atomic E-state index is -3.37. The lowest BCUT2D eigenvalue weighted by Gasteiger charge is -2.25. The van der Waals surface area contributed by atoms with Gasteiger partial charge < -0.3 is 11.1 Å². The number of sulfonamides is 1. The van der Waals surface area contributed by atoms with Gasteiger partial charge >= 0.3 is 0 Å². The van der Waals surface area contributed by atoms with Crippen LogP contribution in [0.4, 0.5) is 0 Å². The van der Waals surface area contributed by atoms with E-state index in [0.29, 0.717) is 36.5 Å². The van der Waals surface area contributed by atoms with Gasteiger partial charge in [-0.2, -0.15) is 4.31 Å². The number of nitrogens with zero attached hydrogens (tertiary/aromatic N) is 2. The van der Waals surface area contributed by atoms with E-state index in [0.717, 1.165) is 37.7 Å². The third-order valence-electron chi connectivity index (χ3n) is 5.02. The van der Waals surface area contributed by atoms with E-state index >= 15 is 0 Å². The minimum absolute atomic E-state index is 0. The molecule has 1 saturated carbocycles. The summed E-state index contributed by atoms with van der Waals surface area (Å²) in [5.41, 5.74) is 6.89. The number of hydrogen-bond acceptors (Lipinski definition) is 3. The van der Waals surface area contributed by atoms with Crippen LogP contribution in [0.1, 0.15) is 50.5 Å². The van der Waals surface area contributed by atoms with Crippen LogP contribution in [0.5, 0.6) is 0 Å². The van der Waals surface area contributed by atoms with Crippen LogP contribution in [0.2, 0.25) is 0 Å². The van der Waals surface area contributed by atoms with Gasteiger partial charge in [-0.3, -0.25) is 0 Å². The maximum Gasteiger partial charge on any atom is 0.243 e. The molecule has 0 bridgehead atoms. The van der Waals surface area contributed by atoms with E-state index in [1.54, 1.807) is 16.4 Å². The van der Waals surface area contributed by atoms with E-state index in [1.165, 1.54) is 12.8 Å². The first-order chi connectivity index (χ1) is 12.1. The Morgan fingerprint density at radius 1 is 1.08 bits per heavy atom. The number of nitrogens with one attached hydrogen (secondary N) is 1. The molecule has 2 aliphatic rings. The lowest BCUT2D eigenvalue weighted by Crippen LogP contribution is -2.38. The highest BCUT2D eigenvalue weighted by Gasteiger charge is 2.25. The lowest BCUT2D eigenvalue weighted by molar-refractivity contribution is 0.346. The van der Waals surface area contributed by atoms with Gasteiger partial charge in [-0.05, 0) is 43.4 Å². The van der Waals surface area contributed by atoms with Crippen LogP contribution in [0.15, 0.2) is 34.2 Å². The zero-order valence-corrected chi connectivity index (χ0v) is 18.2. The van der Waals surface area contributed by atoms with E-state index in [9.17, 15) is 8.42 Å². The fourth-order valence-electron chi connectivity index (χ4n) is 3.52. The molecule has 2 fully saturated rings. The van der Waals surface area contributed by atoms with Gasteiger partial charge in [0.05, 0.1) is 11.4 Å². The van der Waals surface area contributed by atoms with Gasteiger partial charge in [0, 0.05) is 19.1 Å². The van der Waals surface area contributed by atoms with Crippen LogP contribution in [0.3, 0.4) is 0 Å². The van der Waals surface area contributed by atoms with E-state index in [4.69, 9.17) is 5.73 Å². The molecule has 0 unspecified atom stereocenters. The SMILES string of the molecule is I.NC(=NCc1ccc(S(=O)(=O)N2CCCCC2)cc1)NC1CCCC1. The van der Waals surface area contributed by atoms with Crippen LogP contribution in [0.25, 0.3) is 0 Å². The van der Waals surface area contributed by atoms with E-state index < -0.39 is 10.0 Å². The molecule has 146 valence electrons. The average Bonchev–Trinajstić information content (AvgIpc) is 3.14. The summed E-state index contributed by atoms with van der Waals surface area (Å²) in [5, 5.41) is 3.25. The first-order valence-corrected chi connectivity index (χ1v) is 10.7. The molecule has 26 heavy (non-hydrogen) atoms. The Bertz CT molecular complexity index is 694. The van der Waals surface area contributed by atoms with Crippen LogP contribution < -0.4 is 11.1 Å². The zero-order chi connectivity index (χ0) is 17.7. The average molecular weight is 492 g/mol. The summed E-state index contributed by atoms with van der Waals surface area (Å²) in [6, 6.07) is 7.44. The summed E-state index contributed by atoms with van der Waals surface area (Å²) in [6.07, 6.45) is 7.80. The first-order valence-electron chi connectivity index (χ1n) is 9.21. The topological polar surface area (TPSA) is 87.8 Å². The van der Waals surface area contributed by atoms with Gasteiger partial charge in [0.15, 0.2) is 5.96 Å². The fourth-order valence-corrected chi connectivity index (χ4v) is 5.04. The highest BCUT2D eigenvalue weighted by atomic mass is 127. The Kier molecular flexibility index (Phi) is 8.15. The Hall–Kier alpha value is -0.870. The molecule has 0 aromatic heterocycles. The number of piperidine rings is 1. The summed E-state index contributed by atoms with van der Waals surface area (Å²) in [5.74, 6) is 0.469. The van der Waals surface area contributed by atoms with E-state index in [-0.39, 0.29) is 24.0 Å². The molecule has 0 radical (unpaired) electrons. The third kappa shape index (κ3) is 5.56. The highest BCUT2D eigenvalue weighted by molar-refractivity contribution is 14.0. The number of guanidine groups is 1. The highest BCUT2D eigenvalue weighted by Crippen LogP contribution is 2.21. The molecule has 1 aliphatic carbocycles. The van der Waals surface area contributed by atoms with Crippen molar-refractivity contribution >= 4 is 40.0 Å². The van der Waals surface area contributed by atoms with E-state index in [2.05, 4.69) is 10.3 Å². The van der Waals surface area contributed by atoms with Crippen LogP contribution in [-0.2, 0) is 16.6 Å². The molecule has 6 nitrogen and oxygen atoms in total. The molecular formula is C18H29IN4O2S. The van der Waals surface area contributed by atoms with Crippen molar-refractivity contribution in [2.24, 2.45) is 10.7 Å². The molecular weight excluding hydrogens is 463 g/mol. The Morgan fingerprint density at radius 2 is 1.69 bits per heavy atom. The van der Waals surface area contributed by atoms with Crippen molar-refractivity contribution in [2.75, 3.05) is 13.1 Å². The van der Waals surface area contributed by atoms with Crippen molar-refractivity contribution in [1.82, 2.24) is 9.62 Å². The molecule has 3 N–H and O–H groups in total. The molecule has 3 rings (SSSR count). The molecule has 1 heterocycles. The van der Waals surface area contributed by atoms with Gasteiger partial charge in [0.1, 0.15) is 0 Å². The fraction of sp³-hybridized carbons (Fsp3) is 0.611. The summed E-state index contributed by atoms with van der Waals surface area (Å²) in [7, 11) is -3.37. The molecule has 1 aromatic rings. The molecule has 0 spiro atoms. The monoisotopic (exact) mass is 492 g/mol. The molecule has 8 heteroatoms. The van der Waals surface area contributed by atoms with Crippen molar-refractivity contribution in [3.63, 3.8) is 0 Å². The Labute approximate surface area is 173 Å². The van der Waals surface area contributed by atoms with Crippen molar-refractivity contribution in [1.29, 1.82) is 0 Å². The number of nitrogens with two attached hydrogens (primary N) is 1. The van der Waals surface area contributed by atoms with Crippen molar-refractivity contribution in [3.05, 3.63) is 29.8 Å². The van der Waals surface area contributed by atoms with Gasteiger partial charge in [0.2, 0.25) is 10.0 Å². The quantitative estimate of drug-likeness (QED) is 0.376. The van der Waals surface area contributed by atoms with Crippen LogP contribution in [0, 0.1) is 0 Å². The molecule has 1 aliphatic heterocycles. The second kappa shape index (κ2) is 9.89. The smallest absolute Gasteiger partial charge is 0.243 e. The predicted octanol–water partition coefficient (Wildman–Crippen LogP) is 2.83. The summed E-state index contributed by atoms with van der Waals surface area (Å²) in [4.78, 5) is 4.72. The third-order valence-corrected chi connectivity index (χ3v) is 6.93. The standard InChI is InChI=1S/C18H28N4O2S.HI/c19-18(21-16-6-2-3-7-16)20-14-15-8-10-17(11-9-15)25(23,24)22-12-4-1-5-13-22;/h8-11,16H,1-7,12-14H2,(H3,19,20,21);1H. The lowest BCUT2D eigenvalue weighted by atomic mass is 10.2.